The molecule has 7 amide bonds. The first-order valence-corrected chi connectivity index (χ1v) is 17.5. The molecule has 1 aliphatic carbocycles. The summed E-state index contributed by atoms with van der Waals surface area (Å²) in [7, 11) is 0. The molecule has 0 aromatic heterocycles. The Morgan fingerprint density at radius 2 is 1.40 bits per heavy atom. The van der Waals surface area contributed by atoms with E-state index in [2.05, 4.69) is 31.9 Å². The lowest BCUT2D eigenvalue weighted by Crippen LogP contribution is -2.52. The Morgan fingerprint density at radius 3 is 2.08 bits per heavy atom. The van der Waals surface area contributed by atoms with Gasteiger partial charge in [0.05, 0.1) is 25.7 Å². The van der Waals surface area contributed by atoms with E-state index in [1.54, 1.807) is 24.3 Å². The van der Waals surface area contributed by atoms with Crippen molar-refractivity contribution >= 4 is 41.4 Å². The second kappa shape index (κ2) is 23.8. The number of primary amides is 1. The lowest BCUT2D eigenvalue weighted by atomic mass is 9.87. The van der Waals surface area contributed by atoms with Crippen LogP contribution in [0.5, 0.6) is 0 Å². The minimum atomic E-state index is -1.03. The largest absolute Gasteiger partial charge is 0.369 e. The Labute approximate surface area is 294 Å². The Bertz CT molecular complexity index is 1250. The van der Waals surface area contributed by atoms with Crippen molar-refractivity contribution in [1.82, 2.24) is 31.9 Å². The summed E-state index contributed by atoms with van der Waals surface area (Å²) in [5, 5.41) is 15.5. The zero-order chi connectivity index (χ0) is 36.7. The normalized spacial score (nSPS) is 16.6. The quantitative estimate of drug-likeness (QED) is 0.0619. The molecule has 8 N–H and O–H groups in total. The number of ether oxygens (including phenoxy) is 1. The first-order chi connectivity index (χ1) is 24.0. The highest BCUT2D eigenvalue weighted by Crippen LogP contribution is 2.25. The Morgan fingerprint density at radius 1 is 0.760 bits per heavy atom. The molecule has 278 valence electrons. The second-order valence-electron chi connectivity index (χ2n) is 12.7. The summed E-state index contributed by atoms with van der Waals surface area (Å²) in [4.78, 5) is 85.5. The van der Waals surface area contributed by atoms with Gasteiger partial charge in [-0.25, -0.2) is 0 Å². The van der Waals surface area contributed by atoms with Gasteiger partial charge in [-0.2, -0.15) is 0 Å². The first kappa shape index (κ1) is 41.6. The summed E-state index contributed by atoms with van der Waals surface area (Å²) in [5.74, 6) is -2.63. The number of hydrogen-bond acceptors (Lipinski definition) is 8. The smallest absolute Gasteiger partial charge is 0.243 e. The van der Waals surface area contributed by atoms with Gasteiger partial charge in [-0.1, -0.05) is 57.0 Å². The molecule has 0 bridgehead atoms. The van der Waals surface area contributed by atoms with Crippen molar-refractivity contribution in [3.8, 4) is 0 Å². The van der Waals surface area contributed by atoms with E-state index in [4.69, 9.17) is 10.5 Å². The Hall–Kier alpha value is -4.53. The fourth-order valence-corrected chi connectivity index (χ4v) is 5.27. The van der Waals surface area contributed by atoms with Gasteiger partial charge in [0.25, 0.3) is 0 Å². The highest BCUT2D eigenvalue weighted by Gasteiger charge is 2.25. The van der Waals surface area contributed by atoms with Crippen LogP contribution in [0, 0.1) is 11.8 Å². The molecule has 0 aliphatic heterocycles. The van der Waals surface area contributed by atoms with Crippen LogP contribution in [0.4, 0.5) is 0 Å². The van der Waals surface area contributed by atoms with Gasteiger partial charge in [-0.3, -0.25) is 33.6 Å². The van der Waals surface area contributed by atoms with Crippen molar-refractivity contribution in [2.45, 2.75) is 96.6 Å². The molecule has 1 aromatic rings. The predicted octanol–water partition coefficient (Wildman–Crippen LogP) is 0.310. The van der Waals surface area contributed by atoms with Crippen LogP contribution in [-0.2, 0) is 44.7 Å². The predicted molar refractivity (Wildman–Crippen MR) is 186 cm³/mol. The molecule has 0 radical (unpaired) electrons. The molecule has 0 heterocycles. The van der Waals surface area contributed by atoms with Crippen LogP contribution in [0.2, 0.25) is 0 Å². The van der Waals surface area contributed by atoms with Gasteiger partial charge in [0.2, 0.25) is 41.4 Å². The summed E-state index contributed by atoms with van der Waals surface area (Å²) in [6.45, 7) is 3.52. The van der Waals surface area contributed by atoms with Gasteiger partial charge in [-0.15, -0.1) is 0 Å². The zero-order valence-electron chi connectivity index (χ0n) is 29.4. The van der Waals surface area contributed by atoms with E-state index in [0.717, 1.165) is 24.8 Å². The third-order valence-electron chi connectivity index (χ3n) is 8.55. The summed E-state index contributed by atoms with van der Waals surface area (Å²) < 4.78 is 5.67. The maximum absolute atomic E-state index is 13.0. The zero-order valence-corrected chi connectivity index (χ0v) is 29.4. The molecule has 1 unspecified atom stereocenters. The summed E-state index contributed by atoms with van der Waals surface area (Å²) in [5.41, 5.74) is 6.13. The van der Waals surface area contributed by atoms with E-state index < -0.39 is 36.2 Å². The van der Waals surface area contributed by atoms with Crippen LogP contribution >= 0.6 is 0 Å². The van der Waals surface area contributed by atoms with Crippen LogP contribution < -0.4 is 37.6 Å². The molecule has 50 heavy (non-hydrogen) atoms. The van der Waals surface area contributed by atoms with Gasteiger partial charge in [0, 0.05) is 31.7 Å². The number of nitrogens with one attached hydrogen (secondary N) is 6. The third-order valence-corrected chi connectivity index (χ3v) is 8.55. The van der Waals surface area contributed by atoms with E-state index in [9.17, 15) is 33.6 Å². The monoisotopic (exact) mass is 701 g/mol. The van der Waals surface area contributed by atoms with E-state index in [0.29, 0.717) is 51.0 Å². The minimum absolute atomic E-state index is 0.0348. The minimum Gasteiger partial charge on any atom is -0.369 e. The van der Waals surface area contributed by atoms with E-state index in [1.807, 2.05) is 19.9 Å². The van der Waals surface area contributed by atoms with Crippen molar-refractivity contribution in [3.05, 3.63) is 35.9 Å². The number of carbonyl (C=O) groups is 7. The Kier molecular flexibility index (Phi) is 19.8. The molecule has 1 fully saturated rings. The van der Waals surface area contributed by atoms with Gasteiger partial charge >= 0.3 is 0 Å². The highest BCUT2D eigenvalue weighted by molar-refractivity contribution is 5.92. The number of unbranched alkanes of at least 4 members (excludes halogenated alkanes) is 2. The van der Waals surface area contributed by atoms with Crippen molar-refractivity contribution < 1.29 is 38.3 Å². The van der Waals surface area contributed by atoms with E-state index >= 15 is 0 Å². The number of carbonyl (C=O) groups excluding carboxylic acids is 7. The van der Waals surface area contributed by atoms with Crippen molar-refractivity contribution in [2.75, 3.05) is 32.9 Å². The number of rotatable bonds is 23. The molecule has 1 aromatic carbocycles. The molecular weight excluding hydrogens is 646 g/mol. The molecule has 15 heteroatoms. The molecule has 1 aliphatic rings. The fourth-order valence-electron chi connectivity index (χ4n) is 5.27. The van der Waals surface area contributed by atoms with Crippen molar-refractivity contribution in [3.63, 3.8) is 0 Å². The number of benzene rings is 1. The fraction of sp³-hybridized carbons (Fsp3) is 0.629. The number of amides is 7. The first-order valence-electron chi connectivity index (χ1n) is 17.5. The van der Waals surface area contributed by atoms with Crippen LogP contribution in [0.15, 0.2) is 30.3 Å². The van der Waals surface area contributed by atoms with Crippen molar-refractivity contribution in [2.24, 2.45) is 17.6 Å². The average molecular weight is 702 g/mol. The third kappa shape index (κ3) is 18.3. The van der Waals surface area contributed by atoms with Crippen LogP contribution in [0.3, 0.4) is 0 Å². The van der Waals surface area contributed by atoms with E-state index in [1.165, 1.54) is 0 Å². The topological polar surface area (TPSA) is 227 Å². The lowest BCUT2D eigenvalue weighted by Gasteiger charge is -2.26. The van der Waals surface area contributed by atoms with E-state index in [-0.39, 0.29) is 62.4 Å². The molecule has 1 saturated carbocycles. The van der Waals surface area contributed by atoms with Gasteiger partial charge in [-0.05, 0) is 50.0 Å². The number of hydrogen-bond donors (Lipinski definition) is 7. The van der Waals surface area contributed by atoms with Crippen LogP contribution in [0.1, 0.15) is 83.6 Å². The molecule has 0 spiro atoms. The van der Waals surface area contributed by atoms with Crippen LogP contribution in [0.25, 0.3) is 0 Å². The molecule has 15 nitrogen and oxygen atoms in total. The SMILES string of the molecule is CCC(C)CC(=O)NCCCCCC(=O)NCC(=O)NCC(=O)N[C@@H](Cc1ccccc1)C(=O)NCC(=O)NCO[C@H]1CC[C@@H](C(N)=O)CC1. The van der Waals surface area contributed by atoms with Crippen LogP contribution in [-0.4, -0.2) is 86.4 Å². The lowest BCUT2D eigenvalue weighted by molar-refractivity contribution is -0.131. The second-order valence-corrected chi connectivity index (χ2v) is 12.7. The summed E-state index contributed by atoms with van der Waals surface area (Å²) >= 11 is 0. The maximum atomic E-state index is 13.0. The Balaban J connectivity index is 1.67. The van der Waals surface area contributed by atoms with Gasteiger partial charge in [0.15, 0.2) is 0 Å². The standard InChI is InChI=1S/C35H55N7O8/c1-3-24(2)18-30(44)37-17-9-5-8-12-29(43)38-20-31(45)39-22-33(47)42-28(19-25-10-6-4-7-11-25)35(49)40-21-32(46)41-23-50-27-15-13-26(14-16-27)34(36)48/h4,6-7,10-11,24,26-28H,3,5,8-9,12-23H2,1-2H3,(H2,36,48)(H,37,44)(H,38,43)(H,39,45)(H,40,49)(H,41,46)(H,42,47)/t24?,26-,27+,28-/m0/s1. The highest BCUT2D eigenvalue weighted by atomic mass is 16.5. The molecule has 2 rings (SSSR count). The molecule has 0 saturated heterocycles. The maximum Gasteiger partial charge on any atom is 0.243 e. The van der Waals surface area contributed by atoms with Gasteiger partial charge < -0.3 is 42.4 Å². The summed E-state index contributed by atoms with van der Waals surface area (Å²) in [6.07, 6.45) is 6.47. The summed E-state index contributed by atoms with van der Waals surface area (Å²) in [6, 6.07) is 7.97. The average Bonchev–Trinajstić information content (AvgIpc) is 3.10. The number of nitrogens with two attached hydrogens (primary N) is 1. The van der Waals surface area contributed by atoms with Gasteiger partial charge in [0.1, 0.15) is 12.8 Å². The van der Waals surface area contributed by atoms with Crippen molar-refractivity contribution in [1.29, 1.82) is 0 Å². The molecule has 2 atom stereocenters. The molecular formula is C35H55N7O8.